The van der Waals surface area contributed by atoms with Gasteiger partial charge in [-0.25, -0.2) is 9.07 Å². The largest absolute Gasteiger partial charge is 0.481 e. The van der Waals surface area contributed by atoms with E-state index in [2.05, 4.69) is 21.0 Å². The van der Waals surface area contributed by atoms with E-state index in [1.807, 2.05) is 0 Å². The lowest BCUT2D eigenvalue weighted by Gasteiger charge is -2.09. The highest BCUT2D eigenvalue weighted by atomic mass is 79.9. The average molecular weight is 315 g/mol. The second-order valence-corrected chi connectivity index (χ2v) is 4.72. The molecule has 1 unspecified atom stereocenters. The second-order valence-electron chi connectivity index (χ2n) is 3.80. The summed E-state index contributed by atoms with van der Waals surface area (Å²) in [6.45, 7) is 0. The summed E-state index contributed by atoms with van der Waals surface area (Å²) >= 11 is 3.24. The number of halogens is 2. The number of rotatable bonds is 3. The molecule has 0 spiro atoms. The number of hydrogen-bond acceptors (Lipinski definition) is 3. The van der Waals surface area contributed by atoms with E-state index in [0.717, 1.165) is 0 Å². The fraction of sp³-hybridized carbons (Fsp3) is 0.250. The Balaban J connectivity index is 2.40. The number of benzene rings is 1. The van der Waals surface area contributed by atoms with Crippen molar-refractivity contribution in [1.82, 2.24) is 9.78 Å². The lowest BCUT2D eigenvalue weighted by molar-refractivity contribution is 0.209. The SMILES string of the molecule is COc1cc(C(O)c2cc(Br)ccc2F)nn1C. The van der Waals surface area contributed by atoms with Crippen LogP contribution in [0.4, 0.5) is 4.39 Å². The Bertz CT molecular complexity index is 571. The van der Waals surface area contributed by atoms with Gasteiger partial charge in [-0.3, -0.25) is 0 Å². The van der Waals surface area contributed by atoms with E-state index in [0.29, 0.717) is 16.0 Å². The zero-order chi connectivity index (χ0) is 13.3. The molecule has 18 heavy (non-hydrogen) atoms. The van der Waals surface area contributed by atoms with Crippen molar-refractivity contribution in [2.24, 2.45) is 7.05 Å². The highest BCUT2D eigenvalue weighted by Crippen LogP contribution is 2.28. The number of aliphatic hydroxyl groups is 1. The molecule has 0 aliphatic rings. The smallest absolute Gasteiger partial charge is 0.211 e. The maximum atomic E-state index is 13.6. The van der Waals surface area contributed by atoms with E-state index in [1.165, 1.54) is 23.9 Å². The van der Waals surface area contributed by atoms with Gasteiger partial charge >= 0.3 is 0 Å². The van der Waals surface area contributed by atoms with Crippen LogP contribution in [0, 0.1) is 5.82 Å². The highest BCUT2D eigenvalue weighted by Gasteiger charge is 2.19. The van der Waals surface area contributed by atoms with Crippen LogP contribution in [0.1, 0.15) is 17.4 Å². The molecule has 1 N–H and O–H groups in total. The summed E-state index contributed by atoms with van der Waals surface area (Å²) in [6.07, 6.45) is -1.13. The van der Waals surface area contributed by atoms with Crippen molar-refractivity contribution in [3.05, 3.63) is 45.8 Å². The van der Waals surface area contributed by atoms with Gasteiger partial charge in [0.25, 0.3) is 0 Å². The molecule has 0 fully saturated rings. The van der Waals surface area contributed by atoms with E-state index >= 15 is 0 Å². The van der Waals surface area contributed by atoms with Crippen LogP contribution in [0.2, 0.25) is 0 Å². The Morgan fingerprint density at radius 3 is 2.78 bits per heavy atom. The first-order valence-electron chi connectivity index (χ1n) is 5.24. The molecular weight excluding hydrogens is 303 g/mol. The summed E-state index contributed by atoms with van der Waals surface area (Å²) in [7, 11) is 3.19. The van der Waals surface area contributed by atoms with Crippen molar-refractivity contribution in [3.63, 3.8) is 0 Å². The predicted molar refractivity (Wildman–Crippen MR) is 67.9 cm³/mol. The highest BCUT2D eigenvalue weighted by molar-refractivity contribution is 9.10. The summed E-state index contributed by atoms with van der Waals surface area (Å²) in [5, 5.41) is 14.2. The van der Waals surface area contributed by atoms with Crippen LogP contribution in [-0.4, -0.2) is 22.0 Å². The number of nitrogens with zero attached hydrogens (tertiary/aromatic N) is 2. The van der Waals surface area contributed by atoms with E-state index in [-0.39, 0.29) is 5.56 Å². The van der Waals surface area contributed by atoms with Crippen LogP contribution in [0.3, 0.4) is 0 Å². The summed E-state index contributed by atoms with van der Waals surface area (Å²) in [5.74, 6) is 0.0229. The number of aliphatic hydroxyl groups excluding tert-OH is 1. The third-order valence-corrected chi connectivity index (χ3v) is 3.09. The molecule has 1 atom stereocenters. The van der Waals surface area contributed by atoms with Gasteiger partial charge < -0.3 is 9.84 Å². The predicted octanol–water partition coefficient (Wildman–Crippen LogP) is 2.41. The number of hydrogen-bond donors (Lipinski definition) is 1. The third kappa shape index (κ3) is 2.39. The van der Waals surface area contributed by atoms with Crippen LogP contribution in [-0.2, 0) is 7.05 Å². The quantitative estimate of drug-likeness (QED) is 0.946. The molecule has 0 amide bonds. The minimum Gasteiger partial charge on any atom is -0.481 e. The third-order valence-electron chi connectivity index (χ3n) is 2.60. The van der Waals surface area contributed by atoms with Gasteiger partial charge in [-0.2, -0.15) is 5.10 Å². The molecule has 0 saturated carbocycles. The molecule has 0 aliphatic heterocycles. The Labute approximate surface area is 112 Å². The Hall–Kier alpha value is -1.40. The van der Waals surface area contributed by atoms with E-state index in [1.54, 1.807) is 19.2 Å². The van der Waals surface area contributed by atoms with Gasteiger partial charge in [-0.05, 0) is 18.2 Å². The zero-order valence-electron chi connectivity index (χ0n) is 9.89. The number of methoxy groups -OCH3 is 1. The van der Waals surface area contributed by atoms with E-state index in [4.69, 9.17) is 4.74 Å². The van der Waals surface area contributed by atoms with Gasteiger partial charge in [0.1, 0.15) is 11.9 Å². The topological polar surface area (TPSA) is 47.3 Å². The Morgan fingerprint density at radius 2 is 2.17 bits per heavy atom. The summed E-state index contributed by atoms with van der Waals surface area (Å²) in [6, 6.07) is 5.97. The van der Waals surface area contributed by atoms with Crippen molar-refractivity contribution in [2.45, 2.75) is 6.10 Å². The minimum atomic E-state index is -1.13. The number of ether oxygens (including phenoxy) is 1. The van der Waals surface area contributed by atoms with Gasteiger partial charge in [0.05, 0.1) is 12.8 Å². The molecule has 4 nitrogen and oxygen atoms in total. The number of aromatic nitrogens is 2. The van der Waals surface area contributed by atoms with Crippen LogP contribution >= 0.6 is 15.9 Å². The molecule has 2 rings (SSSR count). The van der Waals surface area contributed by atoms with E-state index in [9.17, 15) is 9.50 Å². The van der Waals surface area contributed by atoms with Crippen molar-refractivity contribution in [1.29, 1.82) is 0 Å². The summed E-state index contributed by atoms with van der Waals surface area (Å²) in [5.41, 5.74) is 0.511. The molecule has 0 aliphatic carbocycles. The van der Waals surface area contributed by atoms with Crippen LogP contribution in [0.5, 0.6) is 5.88 Å². The fourth-order valence-electron chi connectivity index (χ4n) is 1.68. The summed E-state index contributed by atoms with van der Waals surface area (Å²) < 4.78 is 20.9. The monoisotopic (exact) mass is 314 g/mol. The van der Waals surface area contributed by atoms with Crippen molar-refractivity contribution >= 4 is 15.9 Å². The second kappa shape index (κ2) is 5.07. The fourth-order valence-corrected chi connectivity index (χ4v) is 2.06. The molecular formula is C12H12BrFN2O2. The molecule has 0 saturated heterocycles. The van der Waals surface area contributed by atoms with E-state index < -0.39 is 11.9 Å². The van der Waals surface area contributed by atoms with Gasteiger partial charge in [-0.15, -0.1) is 0 Å². The van der Waals surface area contributed by atoms with Gasteiger partial charge in [0.2, 0.25) is 5.88 Å². The van der Waals surface area contributed by atoms with Crippen molar-refractivity contribution in [3.8, 4) is 5.88 Å². The van der Waals surface area contributed by atoms with Gasteiger partial charge in [-0.1, -0.05) is 15.9 Å². The lowest BCUT2D eigenvalue weighted by Crippen LogP contribution is -2.04. The molecule has 1 aromatic carbocycles. The number of aryl methyl sites for hydroxylation is 1. The molecule has 2 aromatic rings. The lowest BCUT2D eigenvalue weighted by atomic mass is 10.1. The first kappa shape index (κ1) is 13.0. The van der Waals surface area contributed by atoms with Gasteiger partial charge in [0.15, 0.2) is 0 Å². The molecule has 1 aromatic heterocycles. The van der Waals surface area contributed by atoms with Crippen LogP contribution in [0.15, 0.2) is 28.7 Å². The summed E-state index contributed by atoms with van der Waals surface area (Å²) in [4.78, 5) is 0. The molecule has 0 bridgehead atoms. The first-order valence-corrected chi connectivity index (χ1v) is 6.03. The molecule has 6 heteroatoms. The van der Waals surface area contributed by atoms with Crippen molar-refractivity contribution < 1.29 is 14.2 Å². The normalized spacial score (nSPS) is 12.5. The zero-order valence-corrected chi connectivity index (χ0v) is 11.5. The molecule has 96 valence electrons. The molecule has 0 radical (unpaired) electrons. The van der Waals surface area contributed by atoms with Crippen molar-refractivity contribution in [2.75, 3.05) is 7.11 Å². The van der Waals surface area contributed by atoms with Gasteiger partial charge in [0, 0.05) is 23.2 Å². The Morgan fingerprint density at radius 1 is 1.44 bits per heavy atom. The maximum absolute atomic E-state index is 13.6. The molecule has 1 heterocycles. The maximum Gasteiger partial charge on any atom is 0.211 e. The first-order chi connectivity index (χ1) is 8.52. The van der Waals surface area contributed by atoms with Crippen LogP contribution in [0.25, 0.3) is 0 Å². The average Bonchev–Trinajstić information content (AvgIpc) is 2.73. The van der Waals surface area contributed by atoms with Crippen LogP contribution < -0.4 is 4.74 Å². The standard InChI is InChI=1S/C12H12BrFN2O2/c1-16-11(18-2)6-10(15-16)12(17)8-5-7(13)3-4-9(8)14/h3-6,12,17H,1-2H3. The minimum absolute atomic E-state index is 0.171. The Kier molecular flexibility index (Phi) is 3.68.